The Morgan fingerprint density at radius 3 is 2.75 bits per heavy atom. The summed E-state index contributed by atoms with van der Waals surface area (Å²) < 4.78 is 8.30. The van der Waals surface area contributed by atoms with E-state index in [4.69, 9.17) is 9.73 Å². The first-order chi connectivity index (χ1) is 15.7. The highest BCUT2D eigenvalue weighted by Gasteiger charge is 2.33. The van der Waals surface area contributed by atoms with Gasteiger partial charge in [-0.05, 0) is 47.6 Å². The highest BCUT2D eigenvalue weighted by atomic mass is 32.1. The van der Waals surface area contributed by atoms with Crippen LogP contribution in [0, 0.1) is 0 Å². The topological polar surface area (TPSA) is 43.6 Å². The van der Waals surface area contributed by atoms with Crippen molar-refractivity contribution in [3.63, 3.8) is 0 Å². The first-order valence-corrected chi connectivity index (χ1v) is 12.2. The molecule has 1 unspecified atom stereocenters. The average molecular weight is 457 g/mol. The Morgan fingerprint density at radius 2 is 1.91 bits per heavy atom. The van der Waals surface area contributed by atoms with E-state index in [1.165, 1.54) is 28.0 Å². The molecule has 0 radical (unpaired) electrons. The summed E-state index contributed by atoms with van der Waals surface area (Å²) in [4.78, 5) is 20.5. The van der Waals surface area contributed by atoms with Gasteiger partial charge in [0.25, 0.3) is 5.56 Å². The molecule has 4 nitrogen and oxygen atoms in total. The number of benzene rings is 2. The van der Waals surface area contributed by atoms with Crippen molar-refractivity contribution in [2.75, 3.05) is 7.11 Å². The van der Waals surface area contributed by atoms with Gasteiger partial charge in [-0.2, -0.15) is 0 Å². The summed E-state index contributed by atoms with van der Waals surface area (Å²) in [6, 6.07) is 20.3. The van der Waals surface area contributed by atoms with E-state index in [-0.39, 0.29) is 11.6 Å². The van der Waals surface area contributed by atoms with Crippen molar-refractivity contribution in [1.29, 1.82) is 0 Å². The molecular weight excluding hydrogens is 436 g/mol. The van der Waals surface area contributed by atoms with Crippen molar-refractivity contribution < 1.29 is 4.74 Å². The quantitative estimate of drug-likeness (QED) is 0.459. The second-order valence-electron chi connectivity index (χ2n) is 7.87. The first kappa shape index (κ1) is 19.5. The van der Waals surface area contributed by atoms with Crippen LogP contribution in [0.3, 0.4) is 0 Å². The second kappa shape index (κ2) is 7.73. The molecule has 0 amide bonds. The zero-order valence-corrected chi connectivity index (χ0v) is 19.1. The van der Waals surface area contributed by atoms with E-state index < -0.39 is 0 Å². The Balaban J connectivity index is 1.67. The number of allylic oxidation sites excluding steroid dienone is 1. The number of aryl methyl sites for hydroxylation is 1. The van der Waals surface area contributed by atoms with Crippen molar-refractivity contribution in [3.05, 3.63) is 113 Å². The number of thiazole rings is 1. The predicted octanol–water partition coefficient (Wildman–Crippen LogP) is 4.39. The van der Waals surface area contributed by atoms with E-state index >= 15 is 0 Å². The van der Waals surface area contributed by atoms with Crippen LogP contribution in [0.1, 0.15) is 34.0 Å². The minimum Gasteiger partial charge on any atom is -0.496 e. The van der Waals surface area contributed by atoms with Crippen LogP contribution in [0.15, 0.2) is 81.4 Å². The van der Waals surface area contributed by atoms with Crippen LogP contribution in [-0.4, -0.2) is 11.7 Å². The molecule has 1 aliphatic carbocycles. The normalized spacial score (nSPS) is 17.4. The highest BCUT2D eigenvalue weighted by Crippen LogP contribution is 2.43. The summed E-state index contributed by atoms with van der Waals surface area (Å²) in [7, 11) is 1.69. The van der Waals surface area contributed by atoms with Crippen molar-refractivity contribution >= 4 is 34.4 Å². The Kier molecular flexibility index (Phi) is 4.70. The van der Waals surface area contributed by atoms with E-state index in [9.17, 15) is 4.79 Å². The number of rotatable bonds is 3. The molecule has 6 rings (SSSR count). The molecule has 158 valence electrons. The van der Waals surface area contributed by atoms with Crippen LogP contribution in [0.2, 0.25) is 0 Å². The van der Waals surface area contributed by atoms with Gasteiger partial charge in [-0.1, -0.05) is 59.9 Å². The van der Waals surface area contributed by atoms with Crippen LogP contribution < -0.4 is 19.6 Å². The van der Waals surface area contributed by atoms with Gasteiger partial charge in [0.05, 0.1) is 23.4 Å². The van der Waals surface area contributed by atoms with Gasteiger partial charge in [0.1, 0.15) is 5.75 Å². The van der Waals surface area contributed by atoms with E-state index in [1.807, 2.05) is 46.4 Å². The molecule has 0 N–H and O–H groups in total. The van der Waals surface area contributed by atoms with Crippen LogP contribution in [0.4, 0.5) is 0 Å². The number of hydrogen-bond donors (Lipinski definition) is 0. The number of methoxy groups -OCH3 is 1. The standard InChI is InChI=1S/C26H20N2O2S2/c1-30-21-11-5-4-10-19(21)24-20-13-12-16-7-2-3-9-18(16)23(20)27-26-28(24)25(29)22(32-26)15-17-8-6-14-31-17/h2-11,14-15,24H,12-13H2,1H3. The van der Waals surface area contributed by atoms with Crippen LogP contribution in [0.25, 0.3) is 11.8 Å². The minimum atomic E-state index is -0.226. The molecular formula is C26H20N2O2S2. The third-order valence-electron chi connectivity index (χ3n) is 6.12. The summed E-state index contributed by atoms with van der Waals surface area (Å²) in [5.41, 5.74) is 5.68. The van der Waals surface area contributed by atoms with E-state index in [0.29, 0.717) is 4.53 Å². The van der Waals surface area contributed by atoms with Crippen LogP contribution in [0.5, 0.6) is 5.75 Å². The lowest BCUT2D eigenvalue weighted by Crippen LogP contribution is -2.38. The van der Waals surface area contributed by atoms with Crippen molar-refractivity contribution in [1.82, 2.24) is 4.57 Å². The van der Waals surface area contributed by atoms with Crippen LogP contribution >= 0.6 is 22.7 Å². The zero-order chi connectivity index (χ0) is 21.7. The van der Waals surface area contributed by atoms with Gasteiger partial charge >= 0.3 is 0 Å². The predicted molar refractivity (Wildman–Crippen MR) is 130 cm³/mol. The molecule has 2 aromatic heterocycles. The molecule has 2 aliphatic rings. The van der Waals surface area contributed by atoms with Gasteiger partial charge < -0.3 is 4.74 Å². The number of nitrogens with zero attached hydrogens (tertiary/aromatic N) is 2. The number of ether oxygens (including phenoxy) is 1. The third kappa shape index (κ3) is 3.02. The van der Waals surface area contributed by atoms with Crippen molar-refractivity contribution in [3.8, 4) is 5.75 Å². The molecule has 1 atom stereocenters. The lowest BCUT2D eigenvalue weighted by atomic mass is 9.83. The molecule has 4 aromatic rings. The number of para-hydroxylation sites is 1. The Hall–Kier alpha value is -3.22. The Labute approximate surface area is 193 Å². The monoisotopic (exact) mass is 456 g/mol. The molecule has 32 heavy (non-hydrogen) atoms. The molecule has 0 saturated heterocycles. The van der Waals surface area contributed by atoms with Gasteiger partial charge in [0, 0.05) is 16.0 Å². The molecule has 0 saturated carbocycles. The van der Waals surface area contributed by atoms with Gasteiger partial charge in [0.2, 0.25) is 0 Å². The van der Waals surface area contributed by atoms with Crippen LogP contribution in [-0.2, 0) is 6.42 Å². The van der Waals surface area contributed by atoms with E-state index in [0.717, 1.165) is 39.5 Å². The second-order valence-corrected chi connectivity index (χ2v) is 9.86. The summed E-state index contributed by atoms with van der Waals surface area (Å²) in [5.74, 6) is 0.790. The van der Waals surface area contributed by atoms with Gasteiger partial charge in [-0.25, -0.2) is 4.99 Å². The smallest absolute Gasteiger partial charge is 0.271 e. The Bertz CT molecular complexity index is 1540. The summed E-state index contributed by atoms with van der Waals surface area (Å²) in [5, 5.41) is 2.02. The maximum atomic E-state index is 13.7. The van der Waals surface area contributed by atoms with Crippen molar-refractivity contribution in [2.24, 2.45) is 4.99 Å². The minimum absolute atomic E-state index is 0.00321. The summed E-state index contributed by atoms with van der Waals surface area (Å²) in [6.45, 7) is 0. The molecule has 3 heterocycles. The van der Waals surface area contributed by atoms with Gasteiger partial charge in [-0.3, -0.25) is 9.36 Å². The third-order valence-corrected chi connectivity index (χ3v) is 7.93. The number of aromatic nitrogens is 1. The Morgan fingerprint density at radius 1 is 1.06 bits per heavy atom. The number of thiophene rings is 1. The lowest BCUT2D eigenvalue weighted by Gasteiger charge is -2.31. The molecule has 1 aliphatic heterocycles. The fourth-order valence-electron chi connectivity index (χ4n) is 4.69. The first-order valence-electron chi connectivity index (χ1n) is 10.5. The molecule has 0 bridgehead atoms. The fraction of sp³-hybridized carbons (Fsp3) is 0.154. The van der Waals surface area contributed by atoms with Crippen molar-refractivity contribution in [2.45, 2.75) is 18.9 Å². The van der Waals surface area contributed by atoms with Gasteiger partial charge in [-0.15, -0.1) is 11.3 Å². The molecule has 6 heteroatoms. The zero-order valence-electron chi connectivity index (χ0n) is 17.4. The van der Waals surface area contributed by atoms with E-state index in [2.05, 4.69) is 30.3 Å². The summed E-state index contributed by atoms with van der Waals surface area (Å²) >= 11 is 3.09. The van der Waals surface area contributed by atoms with E-state index in [1.54, 1.807) is 18.4 Å². The largest absolute Gasteiger partial charge is 0.496 e. The number of hydrogen-bond acceptors (Lipinski definition) is 5. The number of fused-ring (bicyclic) bond motifs is 3. The molecule has 2 aromatic carbocycles. The van der Waals surface area contributed by atoms with Gasteiger partial charge in [0.15, 0.2) is 4.80 Å². The fourth-order valence-corrected chi connectivity index (χ4v) is 6.42. The highest BCUT2D eigenvalue weighted by molar-refractivity contribution is 7.11. The lowest BCUT2D eigenvalue weighted by molar-refractivity contribution is 0.402. The molecule has 0 fully saturated rings. The SMILES string of the molecule is COc1ccccc1C1C2=C(N=c3sc(=Cc4cccs4)c(=O)n31)c1ccccc1CC2. The maximum absolute atomic E-state index is 13.7. The maximum Gasteiger partial charge on any atom is 0.271 e. The summed E-state index contributed by atoms with van der Waals surface area (Å²) in [6.07, 6.45) is 3.79. The average Bonchev–Trinajstić information content (AvgIpc) is 3.46. The molecule has 0 spiro atoms.